The molecule has 0 saturated heterocycles. The molecule has 0 amide bonds. The van der Waals surface area contributed by atoms with Crippen LogP contribution in [-0.4, -0.2) is 25.2 Å². The van der Waals surface area contributed by atoms with Gasteiger partial charge in [-0.25, -0.2) is 18.6 Å². The molecule has 1 aromatic carbocycles. The number of alkyl halides is 5. The van der Waals surface area contributed by atoms with Crippen molar-refractivity contribution in [2.24, 2.45) is 5.92 Å². The summed E-state index contributed by atoms with van der Waals surface area (Å²) >= 11 is 1.03. The number of para-hydroxylation sites is 1. The molecule has 0 aliphatic heterocycles. The third-order valence-electron chi connectivity index (χ3n) is 4.36. The average molecular weight is 463 g/mol. The molecule has 0 bridgehead atoms. The van der Waals surface area contributed by atoms with Gasteiger partial charge in [-0.2, -0.15) is 13.2 Å². The van der Waals surface area contributed by atoms with E-state index in [2.05, 4.69) is 9.72 Å². The summed E-state index contributed by atoms with van der Waals surface area (Å²) in [5, 5.41) is 0. The molecular formula is C21H22F5NO3S. The van der Waals surface area contributed by atoms with Crippen LogP contribution in [0, 0.1) is 5.92 Å². The fraction of sp³-hybridized carbons (Fsp3) is 0.429. The van der Waals surface area contributed by atoms with Crippen molar-refractivity contribution in [2.75, 3.05) is 14.2 Å². The maximum atomic E-state index is 13.8. The number of esters is 1. The van der Waals surface area contributed by atoms with Crippen LogP contribution < -0.4 is 4.74 Å². The monoisotopic (exact) mass is 463 g/mol. The van der Waals surface area contributed by atoms with Crippen molar-refractivity contribution in [3.63, 3.8) is 0 Å². The molecule has 0 aliphatic rings. The molecule has 170 valence electrons. The van der Waals surface area contributed by atoms with Crippen molar-refractivity contribution in [2.45, 2.75) is 43.5 Å². The molecule has 0 unspecified atom stereocenters. The number of ether oxygens (including phenoxy) is 2. The molecule has 0 spiro atoms. The fourth-order valence-electron chi connectivity index (χ4n) is 3.09. The summed E-state index contributed by atoms with van der Waals surface area (Å²) in [6, 6.07) is 6.73. The van der Waals surface area contributed by atoms with E-state index in [0.29, 0.717) is 10.6 Å². The summed E-state index contributed by atoms with van der Waals surface area (Å²) in [5.74, 6) is -1.16. The average Bonchev–Trinajstić information content (AvgIpc) is 2.70. The number of rotatable bonds is 8. The van der Waals surface area contributed by atoms with Crippen LogP contribution >= 0.6 is 11.8 Å². The minimum atomic E-state index is -4.99. The van der Waals surface area contributed by atoms with Gasteiger partial charge in [-0.1, -0.05) is 26.0 Å². The minimum Gasteiger partial charge on any atom is -0.496 e. The van der Waals surface area contributed by atoms with Crippen molar-refractivity contribution < 1.29 is 36.2 Å². The lowest BCUT2D eigenvalue weighted by Crippen LogP contribution is -2.22. The zero-order chi connectivity index (χ0) is 23.3. The lowest BCUT2D eigenvalue weighted by atomic mass is 9.91. The van der Waals surface area contributed by atoms with Crippen molar-refractivity contribution in [3.05, 3.63) is 52.3 Å². The molecule has 1 aromatic heterocycles. The first-order chi connectivity index (χ1) is 14.5. The van der Waals surface area contributed by atoms with Crippen LogP contribution in [0.3, 0.4) is 0 Å². The van der Waals surface area contributed by atoms with Crippen molar-refractivity contribution in [1.82, 2.24) is 4.98 Å². The van der Waals surface area contributed by atoms with E-state index in [-0.39, 0.29) is 29.2 Å². The molecule has 4 nitrogen and oxygen atoms in total. The molecule has 10 heteroatoms. The largest absolute Gasteiger partial charge is 0.496 e. The summed E-state index contributed by atoms with van der Waals surface area (Å²) in [6.45, 7) is 3.43. The van der Waals surface area contributed by atoms with Crippen LogP contribution in [0.15, 0.2) is 29.2 Å². The van der Waals surface area contributed by atoms with Gasteiger partial charge in [-0.05, 0) is 35.6 Å². The van der Waals surface area contributed by atoms with Gasteiger partial charge in [-0.15, -0.1) is 11.8 Å². The second-order valence-corrected chi connectivity index (χ2v) is 8.02. The van der Waals surface area contributed by atoms with Crippen LogP contribution in [0.4, 0.5) is 22.0 Å². The first-order valence-corrected chi connectivity index (χ1v) is 10.2. The van der Waals surface area contributed by atoms with Crippen LogP contribution in [0.25, 0.3) is 0 Å². The molecular weight excluding hydrogens is 441 g/mol. The molecule has 1 heterocycles. The SMILES string of the molecule is COC(=O)c1c(C(F)F)nc(C(F)(F)F)c(CSc2ccccc2OC)c1CC(C)C. The molecule has 0 saturated carbocycles. The van der Waals surface area contributed by atoms with E-state index in [1.54, 1.807) is 38.1 Å². The first kappa shape index (κ1) is 24.9. The van der Waals surface area contributed by atoms with E-state index < -0.39 is 35.5 Å². The zero-order valence-electron chi connectivity index (χ0n) is 17.3. The highest BCUT2D eigenvalue weighted by Crippen LogP contribution is 2.41. The van der Waals surface area contributed by atoms with Gasteiger partial charge in [0.1, 0.15) is 17.1 Å². The molecule has 0 fully saturated rings. The minimum absolute atomic E-state index is 0.0302. The Morgan fingerprint density at radius 1 is 1.13 bits per heavy atom. The number of pyridine rings is 1. The number of carbonyl (C=O) groups excluding carboxylic acids is 1. The van der Waals surface area contributed by atoms with E-state index in [9.17, 15) is 26.7 Å². The Bertz CT molecular complexity index is 932. The summed E-state index contributed by atoms with van der Waals surface area (Å²) in [7, 11) is 2.41. The standard InChI is InChI=1S/C21H22F5NO3S/c1-11(2)9-12-13(10-31-15-8-6-5-7-14(15)29-3)18(21(24,25)26)27-17(19(22)23)16(12)20(28)30-4/h5-8,11,19H,9-10H2,1-4H3. The number of halogens is 5. The van der Waals surface area contributed by atoms with Gasteiger partial charge >= 0.3 is 12.1 Å². The molecule has 2 aromatic rings. The van der Waals surface area contributed by atoms with E-state index in [1.165, 1.54) is 7.11 Å². The Morgan fingerprint density at radius 3 is 2.29 bits per heavy atom. The lowest BCUT2D eigenvalue weighted by Gasteiger charge is -2.22. The third-order valence-corrected chi connectivity index (χ3v) is 5.44. The third kappa shape index (κ3) is 5.87. The number of carbonyl (C=O) groups is 1. The Labute approximate surface area is 181 Å². The number of hydrogen-bond donors (Lipinski definition) is 0. The summed E-state index contributed by atoms with van der Waals surface area (Å²) in [4.78, 5) is 16.1. The van der Waals surface area contributed by atoms with Gasteiger partial charge < -0.3 is 9.47 Å². The van der Waals surface area contributed by atoms with E-state index in [1.807, 2.05) is 0 Å². The Kier molecular flexibility index (Phi) is 8.27. The number of benzene rings is 1. The predicted octanol–water partition coefficient (Wildman–Crippen LogP) is 6.32. The molecule has 2 rings (SSSR count). The Balaban J connectivity index is 2.76. The number of methoxy groups -OCH3 is 2. The quantitative estimate of drug-likeness (QED) is 0.260. The smallest absolute Gasteiger partial charge is 0.433 e. The molecule has 0 radical (unpaired) electrons. The fourth-order valence-corrected chi connectivity index (χ4v) is 4.17. The number of thioether (sulfide) groups is 1. The normalized spacial score (nSPS) is 11.8. The van der Waals surface area contributed by atoms with Gasteiger partial charge in [0, 0.05) is 10.6 Å². The van der Waals surface area contributed by atoms with Gasteiger partial charge in [0.2, 0.25) is 0 Å². The molecule has 0 atom stereocenters. The van der Waals surface area contributed by atoms with Crippen LogP contribution in [0.5, 0.6) is 5.75 Å². The Hall–Kier alpha value is -2.36. The highest BCUT2D eigenvalue weighted by Gasteiger charge is 2.40. The topological polar surface area (TPSA) is 48.4 Å². The second kappa shape index (κ2) is 10.3. The van der Waals surface area contributed by atoms with Gasteiger partial charge in [0.05, 0.1) is 19.8 Å². The predicted molar refractivity (Wildman–Crippen MR) is 107 cm³/mol. The summed E-state index contributed by atoms with van der Waals surface area (Å²) in [5.41, 5.74) is -3.69. The first-order valence-electron chi connectivity index (χ1n) is 9.26. The van der Waals surface area contributed by atoms with E-state index >= 15 is 0 Å². The van der Waals surface area contributed by atoms with Crippen molar-refractivity contribution in [1.29, 1.82) is 0 Å². The number of aromatic nitrogens is 1. The maximum absolute atomic E-state index is 13.8. The van der Waals surface area contributed by atoms with Crippen molar-refractivity contribution >= 4 is 17.7 Å². The van der Waals surface area contributed by atoms with Crippen LogP contribution in [0.1, 0.15) is 53.1 Å². The summed E-state index contributed by atoms with van der Waals surface area (Å²) in [6.07, 6.45) is -8.39. The van der Waals surface area contributed by atoms with Gasteiger partial charge in [0.25, 0.3) is 6.43 Å². The number of nitrogens with zero attached hydrogens (tertiary/aromatic N) is 1. The molecule has 0 N–H and O–H groups in total. The lowest BCUT2D eigenvalue weighted by molar-refractivity contribution is -0.142. The van der Waals surface area contributed by atoms with Crippen LogP contribution in [-0.2, 0) is 23.1 Å². The van der Waals surface area contributed by atoms with Gasteiger partial charge in [0.15, 0.2) is 0 Å². The summed E-state index contributed by atoms with van der Waals surface area (Å²) < 4.78 is 78.6. The van der Waals surface area contributed by atoms with Gasteiger partial charge in [-0.3, -0.25) is 0 Å². The number of hydrogen-bond acceptors (Lipinski definition) is 5. The molecule has 0 aliphatic carbocycles. The maximum Gasteiger partial charge on any atom is 0.433 e. The molecule has 31 heavy (non-hydrogen) atoms. The Morgan fingerprint density at radius 2 is 1.77 bits per heavy atom. The van der Waals surface area contributed by atoms with E-state index in [4.69, 9.17) is 4.74 Å². The zero-order valence-corrected chi connectivity index (χ0v) is 18.2. The highest BCUT2D eigenvalue weighted by molar-refractivity contribution is 7.98. The van der Waals surface area contributed by atoms with E-state index in [0.717, 1.165) is 18.9 Å². The van der Waals surface area contributed by atoms with Crippen LogP contribution in [0.2, 0.25) is 0 Å². The second-order valence-electron chi connectivity index (χ2n) is 7.01. The highest BCUT2D eigenvalue weighted by atomic mass is 32.2. The van der Waals surface area contributed by atoms with Crippen molar-refractivity contribution in [3.8, 4) is 5.75 Å².